The lowest BCUT2D eigenvalue weighted by molar-refractivity contribution is -0.384. The van der Waals surface area contributed by atoms with Gasteiger partial charge in [-0.25, -0.2) is 0 Å². The SMILES string of the molecule is COc1ccc([C@H](NC(=O)c2ccccc2)C(=O)c2cccc([N+](=O)[O-])c2)cc1. The molecule has 1 atom stereocenters. The number of ketones is 1. The first-order valence-corrected chi connectivity index (χ1v) is 8.78. The topological polar surface area (TPSA) is 98.5 Å². The fourth-order valence-corrected chi connectivity index (χ4v) is 2.84. The molecule has 7 nitrogen and oxygen atoms in total. The van der Waals surface area contributed by atoms with Gasteiger partial charge in [-0.1, -0.05) is 42.5 Å². The van der Waals surface area contributed by atoms with E-state index in [1.54, 1.807) is 54.6 Å². The minimum Gasteiger partial charge on any atom is -0.497 e. The summed E-state index contributed by atoms with van der Waals surface area (Å²) in [6.45, 7) is 0. The van der Waals surface area contributed by atoms with Gasteiger partial charge in [0.2, 0.25) is 0 Å². The fraction of sp³-hybridized carbons (Fsp3) is 0.0909. The second-order valence-corrected chi connectivity index (χ2v) is 6.22. The minimum atomic E-state index is -1.02. The van der Waals surface area contributed by atoms with Crippen molar-refractivity contribution in [3.05, 3.63) is 106 Å². The molecular weight excluding hydrogens is 372 g/mol. The number of methoxy groups -OCH3 is 1. The molecule has 0 saturated heterocycles. The minimum absolute atomic E-state index is 0.133. The number of nitro groups is 1. The zero-order valence-corrected chi connectivity index (χ0v) is 15.6. The number of carbonyl (C=O) groups excluding carboxylic acids is 2. The molecule has 3 aromatic rings. The molecule has 0 aliphatic heterocycles. The normalized spacial score (nSPS) is 11.3. The number of nitrogens with one attached hydrogen (secondary N) is 1. The Bertz CT molecular complexity index is 1030. The Hall–Kier alpha value is -4.00. The summed E-state index contributed by atoms with van der Waals surface area (Å²) in [4.78, 5) is 36.3. The quantitative estimate of drug-likeness (QED) is 0.374. The molecule has 0 heterocycles. The van der Waals surface area contributed by atoms with Crippen molar-refractivity contribution in [1.82, 2.24) is 5.32 Å². The van der Waals surface area contributed by atoms with Gasteiger partial charge in [-0.2, -0.15) is 0 Å². The lowest BCUT2D eigenvalue weighted by Crippen LogP contribution is -2.34. The Labute approximate surface area is 167 Å². The second kappa shape index (κ2) is 8.79. The molecule has 0 aromatic heterocycles. The lowest BCUT2D eigenvalue weighted by atomic mass is 9.96. The van der Waals surface area contributed by atoms with E-state index in [-0.39, 0.29) is 11.3 Å². The van der Waals surface area contributed by atoms with Crippen LogP contribution in [0.25, 0.3) is 0 Å². The molecule has 1 N–H and O–H groups in total. The summed E-state index contributed by atoms with van der Waals surface area (Å²) >= 11 is 0. The molecule has 1 amide bonds. The smallest absolute Gasteiger partial charge is 0.270 e. The zero-order valence-electron chi connectivity index (χ0n) is 15.6. The molecular formula is C22H18N2O5. The van der Waals surface area contributed by atoms with Crippen LogP contribution in [0.2, 0.25) is 0 Å². The van der Waals surface area contributed by atoms with Crippen LogP contribution in [0.5, 0.6) is 5.75 Å². The number of nitrogens with zero attached hydrogens (tertiary/aromatic N) is 1. The summed E-state index contributed by atoms with van der Waals surface area (Å²) < 4.78 is 5.14. The fourth-order valence-electron chi connectivity index (χ4n) is 2.84. The van der Waals surface area contributed by atoms with E-state index in [1.807, 2.05) is 0 Å². The Morgan fingerprint density at radius 3 is 2.21 bits per heavy atom. The summed E-state index contributed by atoms with van der Waals surface area (Å²) in [5, 5.41) is 13.8. The van der Waals surface area contributed by atoms with E-state index < -0.39 is 22.7 Å². The van der Waals surface area contributed by atoms with Gasteiger partial charge in [0.1, 0.15) is 11.8 Å². The van der Waals surface area contributed by atoms with Gasteiger partial charge < -0.3 is 10.1 Å². The van der Waals surface area contributed by atoms with E-state index in [0.717, 1.165) is 0 Å². The maximum Gasteiger partial charge on any atom is 0.270 e. The lowest BCUT2D eigenvalue weighted by Gasteiger charge is -2.19. The van der Waals surface area contributed by atoms with Crippen LogP contribution < -0.4 is 10.1 Å². The van der Waals surface area contributed by atoms with E-state index in [4.69, 9.17) is 4.74 Å². The van der Waals surface area contributed by atoms with Gasteiger partial charge in [0.15, 0.2) is 5.78 Å². The number of hydrogen-bond acceptors (Lipinski definition) is 5. The highest BCUT2D eigenvalue weighted by atomic mass is 16.6. The van der Waals surface area contributed by atoms with Crippen LogP contribution in [0.1, 0.15) is 32.3 Å². The molecule has 0 radical (unpaired) electrons. The van der Waals surface area contributed by atoms with Crippen molar-refractivity contribution < 1.29 is 19.2 Å². The van der Waals surface area contributed by atoms with Gasteiger partial charge in [0, 0.05) is 23.3 Å². The second-order valence-electron chi connectivity index (χ2n) is 6.22. The van der Waals surface area contributed by atoms with Crippen LogP contribution in [0.3, 0.4) is 0 Å². The van der Waals surface area contributed by atoms with E-state index in [2.05, 4.69) is 5.32 Å². The van der Waals surface area contributed by atoms with Crippen molar-refractivity contribution in [2.45, 2.75) is 6.04 Å². The molecule has 0 spiro atoms. The van der Waals surface area contributed by atoms with Gasteiger partial charge in [-0.05, 0) is 29.8 Å². The van der Waals surface area contributed by atoms with E-state index in [0.29, 0.717) is 16.9 Å². The molecule has 0 unspecified atom stereocenters. The van der Waals surface area contributed by atoms with Gasteiger partial charge >= 0.3 is 0 Å². The molecule has 3 aromatic carbocycles. The van der Waals surface area contributed by atoms with Crippen molar-refractivity contribution in [3.63, 3.8) is 0 Å². The first kappa shape index (κ1) is 19.8. The van der Waals surface area contributed by atoms with Crippen molar-refractivity contribution in [1.29, 1.82) is 0 Å². The molecule has 0 fully saturated rings. The number of benzene rings is 3. The third kappa shape index (κ3) is 4.65. The number of carbonyl (C=O) groups is 2. The average Bonchev–Trinajstić information content (AvgIpc) is 2.77. The van der Waals surface area contributed by atoms with Crippen LogP contribution >= 0.6 is 0 Å². The van der Waals surface area contributed by atoms with Crippen LogP contribution in [-0.2, 0) is 0 Å². The first-order chi connectivity index (χ1) is 14.0. The Kier molecular flexibility index (Phi) is 5.99. The Morgan fingerprint density at radius 1 is 0.931 bits per heavy atom. The number of hydrogen-bond donors (Lipinski definition) is 1. The molecule has 146 valence electrons. The van der Waals surface area contributed by atoms with Gasteiger partial charge in [0.05, 0.1) is 12.0 Å². The van der Waals surface area contributed by atoms with Gasteiger partial charge in [0.25, 0.3) is 11.6 Å². The number of amides is 1. The number of nitro benzene ring substituents is 1. The van der Waals surface area contributed by atoms with Crippen molar-refractivity contribution in [2.75, 3.05) is 7.11 Å². The van der Waals surface area contributed by atoms with Crippen LogP contribution in [0, 0.1) is 10.1 Å². The maximum atomic E-state index is 13.2. The van der Waals surface area contributed by atoms with E-state index >= 15 is 0 Å². The van der Waals surface area contributed by atoms with Gasteiger partial charge in [-0.3, -0.25) is 19.7 Å². The molecule has 0 bridgehead atoms. The predicted molar refractivity (Wildman–Crippen MR) is 107 cm³/mol. The third-order valence-electron chi connectivity index (χ3n) is 4.36. The summed E-state index contributed by atoms with van der Waals surface area (Å²) in [5.41, 5.74) is 0.872. The van der Waals surface area contributed by atoms with E-state index in [9.17, 15) is 19.7 Å². The number of rotatable bonds is 7. The Morgan fingerprint density at radius 2 is 1.59 bits per heavy atom. The highest BCUT2D eigenvalue weighted by Gasteiger charge is 2.26. The van der Waals surface area contributed by atoms with E-state index in [1.165, 1.54) is 31.4 Å². The molecule has 3 rings (SSSR count). The first-order valence-electron chi connectivity index (χ1n) is 8.78. The van der Waals surface area contributed by atoms with Crippen molar-refractivity contribution in [3.8, 4) is 5.75 Å². The monoisotopic (exact) mass is 390 g/mol. The summed E-state index contributed by atoms with van der Waals surface area (Å²) in [6, 6.07) is 19.6. The highest BCUT2D eigenvalue weighted by molar-refractivity contribution is 6.05. The molecule has 0 aliphatic rings. The standard InChI is InChI=1S/C22H18N2O5/c1-29-19-12-10-15(11-13-19)20(23-22(26)16-6-3-2-4-7-16)21(25)17-8-5-9-18(14-17)24(27)28/h2-14,20H,1H3,(H,23,26)/t20-/m0/s1. The predicted octanol–water partition coefficient (Wildman–Crippen LogP) is 3.96. The summed E-state index contributed by atoms with van der Waals surface area (Å²) in [5.74, 6) is -0.280. The van der Waals surface area contributed by atoms with Crippen molar-refractivity contribution in [2.24, 2.45) is 0 Å². The molecule has 0 saturated carbocycles. The summed E-state index contributed by atoms with van der Waals surface area (Å²) in [7, 11) is 1.53. The maximum absolute atomic E-state index is 13.2. The Balaban J connectivity index is 1.97. The van der Waals surface area contributed by atoms with Crippen LogP contribution in [0.4, 0.5) is 5.69 Å². The zero-order chi connectivity index (χ0) is 20.8. The molecule has 0 aliphatic carbocycles. The van der Waals surface area contributed by atoms with Crippen molar-refractivity contribution >= 4 is 17.4 Å². The molecule has 29 heavy (non-hydrogen) atoms. The summed E-state index contributed by atoms with van der Waals surface area (Å²) in [6.07, 6.45) is 0. The number of Topliss-reactive ketones (excluding diaryl/α,β-unsaturated/α-hetero) is 1. The third-order valence-corrected chi connectivity index (χ3v) is 4.36. The van der Waals surface area contributed by atoms with Gasteiger partial charge in [-0.15, -0.1) is 0 Å². The molecule has 7 heteroatoms. The largest absolute Gasteiger partial charge is 0.497 e. The average molecular weight is 390 g/mol. The number of ether oxygens (including phenoxy) is 1. The number of non-ortho nitro benzene ring substituents is 1. The van der Waals surface area contributed by atoms with Crippen LogP contribution in [0.15, 0.2) is 78.9 Å². The highest BCUT2D eigenvalue weighted by Crippen LogP contribution is 2.24. The van der Waals surface area contributed by atoms with Crippen LogP contribution in [-0.4, -0.2) is 23.7 Å².